The maximum atomic E-state index is 5.60. The molecule has 0 bridgehead atoms. The fraction of sp³-hybridized carbons (Fsp3) is 0.600. The highest BCUT2D eigenvalue weighted by Crippen LogP contribution is 2.27. The maximum Gasteiger partial charge on any atom is 0.243 e. The van der Waals surface area contributed by atoms with Crippen LogP contribution in [0, 0.1) is 0 Å². The van der Waals surface area contributed by atoms with Crippen molar-refractivity contribution in [1.29, 1.82) is 0 Å². The van der Waals surface area contributed by atoms with Crippen LogP contribution in [-0.2, 0) is 19.4 Å². The number of hydrogen-bond acceptors (Lipinski definition) is 6. The lowest BCUT2D eigenvalue weighted by Gasteiger charge is -2.36. The minimum Gasteiger partial charge on any atom is -0.493 e. The second-order valence-electron chi connectivity index (χ2n) is 7.33. The van der Waals surface area contributed by atoms with Crippen molar-refractivity contribution in [3.63, 3.8) is 0 Å². The monoisotopic (exact) mass is 356 g/mol. The van der Waals surface area contributed by atoms with Gasteiger partial charge in [-0.15, -0.1) is 0 Å². The molecule has 2 aromatic rings. The number of ether oxygens (including phenoxy) is 1. The van der Waals surface area contributed by atoms with Crippen LogP contribution < -0.4 is 4.74 Å². The Hall–Kier alpha value is -1.92. The lowest BCUT2D eigenvalue weighted by atomic mass is 10.1. The summed E-state index contributed by atoms with van der Waals surface area (Å²) in [6.45, 7) is 10.3. The number of nitrogens with zero attached hydrogens (tertiary/aromatic N) is 4. The Morgan fingerprint density at radius 2 is 2.04 bits per heavy atom. The number of aryl methyl sites for hydroxylation is 1. The smallest absolute Gasteiger partial charge is 0.243 e. The van der Waals surface area contributed by atoms with E-state index < -0.39 is 0 Å². The van der Waals surface area contributed by atoms with E-state index in [1.54, 1.807) is 0 Å². The average molecular weight is 356 g/mol. The van der Waals surface area contributed by atoms with Crippen LogP contribution in [0.4, 0.5) is 0 Å². The van der Waals surface area contributed by atoms with Gasteiger partial charge in [-0.1, -0.05) is 24.2 Å². The van der Waals surface area contributed by atoms with Gasteiger partial charge in [-0.05, 0) is 30.5 Å². The van der Waals surface area contributed by atoms with Gasteiger partial charge < -0.3 is 9.26 Å². The van der Waals surface area contributed by atoms with Crippen molar-refractivity contribution in [2.24, 2.45) is 0 Å². The van der Waals surface area contributed by atoms with Crippen LogP contribution in [0.1, 0.15) is 49.2 Å². The van der Waals surface area contributed by atoms with Crippen molar-refractivity contribution in [3.8, 4) is 5.75 Å². The maximum absolute atomic E-state index is 5.60. The highest BCUT2D eigenvalue weighted by atomic mass is 16.5. The molecule has 140 valence electrons. The van der Waals surface area contributed by atoms with E-state index in [2.05, 4.69) is 52.0 Å². The molecular weight excluding hydrogens is 328 g/mol. The molecule has 1 aromatic heterocycles. The van der Waals surface area contributed by atoms with E-state index in [1.165, 1.54) is 11.1 Å². The Balaban J connectivity index is 1.30. The van der Waals surface area contributed by atoms with Crippen molar-refractivity contribution in [1.82, 2.24) is 19.9 Å². The molecule has 0 radical (unpaired) electrons. The molecule has 1 fully saturated rings. The zero-order valence-electron chi connectivity index (χ0n) is 15.8. The summed E-state index contributed by atoms with van der Waals surface area (Å²) in [6, 6.07) is 6.82. The molecule has 2 aliphatic rings. The highest BCUT2D eigenvalue weighted by molar-refractivity contribution is 5.39. The highest BCUT2D eigenvalue weighted by Gasteiger charge is 2.26. The Kier molecular flexibility index (Phi) is 5.22. The third-order valence-corrected chi connectivity index (χ3v) is 5.43. The molecule has 26 heavy (non-hydrogen) atoms. The Morgan fingerprint density at radius 3 is 2.85 bits per heavy atom. The van der Waals surface area contributed by atoms with Crippen molar-refractivity contribution in [3.05, 3.63) is 41.0 Å². The second-order valence-corrected chi connectivity index (χ2v) is 7.33. The van der Waals surface area contributed by atoms with E-state index in [9.17, 15) is 0 Å². The van der Waals surface area contributed by atoms with Crippen molar-refractivity contribution >= 4 is 0 Å². The van der Waals surface area contributed by atoms with Crippen LogP contribution >= 0.6 is 0 Å². The minimum atomic E-state index is 0.187. The van der Waals surface area contributed by atoms with Gasteiger partial charge in [0.25, 0.3) is 0 Å². The van der Waals surface area contributed by atoms with Gasteiger partial charge in [0.2, 0.25) is 5.89 Å². The molecule has 1 saturated heterocycles. The van der Waals surface area contributed by atoms with E-state index in [-0.39, 0.29) is 6.04 Å². The zero-order chi connectivity index (χ0) is 17.9. The summed E-state index contributed by atoms with van der Waals surface area (Å²) in [4.78, 5) is 9.52. The van der Waals surface area contributed by atoms with Crippen LogP contribution in [0.2, 0.25) is 0 Å². The van der Waals surface area contributed by atoms with Gasteiger partial charge in [-0.3, -0.25) is 9.80 Å². The van der Waals surface area contributed by atoms with E-state index in [0.717, 1.165) is 76.1 Å². The SMILES string of the molecule is CCCc1noc(C(C)N2CCN(Cc3ccc4c(c3)CCO4)CC2)n1. The van der Waals surface area contributed by atoms with E-state index in [4.69, 9.17) is 9.26 Å². The Morgan fingerprint density at radius 1 is 1.19 bits per heavy atom. The van der Waals surface area contributed by atoms with Gasteiger partial charge in [0.1, 0.15) is 5.75 Å². The molecule has 0 aliphatic carbocycles. The van der Waals surface area contributed by atoms with Crippen LogP contribution in [0.5, 0.6) is 5.75 Å². The molecule has 0 spiro atoms. The topological polar surface area (TPSA) is 54.6 Å². The summed E-state index contributed by atoms with van der Waals surface area (Å²) in [5.74, 6) is 2.64. The Labute approximate surface area is 155 Å². The molecule has 6 nitrogen and oxygen atoms in total. The molecule has 3 heterocycles. The van der Waals surface area contributed by atoms with Gasteiger partial charge in [0.05, 0.1) is 12.6 Å². The molecule has 0 amide bonds. The lowest BCUT2D eigenvalue weighted by molar-refractivity contribution is 0.0845. The minimum absolute atomic E-state index is 0.187. The predicted octanol–water partition coefficient (Wildman–Crippen LogP) is 2.84. The van der Waals surface area contributed by atoms with Crippen LogP contribution in [0.25, 0.3) is 0 Å². The number of piperazine rings is 1. The van der Waals surface area contributed by atoms with E-state index in [0.29, 0.717) is 0 Å². The summed E-state index contributed by atoms with van der Waals surface area (Å²) in [5.41, 5.74) is 2.74. The fourth-order valence-corrected chi connectivity index (χ4v) is 3.82. The molecule has 0 N–H and O–H groups in total. The number of fused-ring (bicyclic) bond motifs is 1. The molecule has 1 atom stereocenters. The molecule has 4 rings (SSSR count). The van der Waals surface area contributed by atoms with Crippen molar-refractivity contribution in [2.45, 2.75) is 45.7 Å². The largest absolute Gasteiger partial charge is 0.493 e. The van der Waals surface area contributed by atoms with Crippen molar-refractivity contribution < 1.29 is 9.26 Å². The molecule has 1 aromatic carbocycles. The quantitative estimate of drug-likeness (QED) is 0.793. The standard InChI is InChI=1S/C20H28N4O2/c1-3-4-19-21-20(26-22-19)15(2)24-10-8-23(9-11-24)14-16-5-6-18-17(13-16)7-12-25-18/h5-6,13,15H,3-4,7-12,14H2,1-2H3. The first-order valence-electron chi connectivity index (χ1n) is 9.76. The number of benzene rings is 1. The number of rotatable bonds is 6. The first-order valence-corrected chi connectivity index (χ1v) is 9.76. The predicted molar refractivity (Wildman–Crippen MR) is 99.2 cm³/mol. The normalized spacial score (nSPS) is 19.3. The summed E-state index contributed by atoms with van der Waals surface area (Å²) in [6.07, 6.45) is 2.97. The van der Waals surface area contributed by atoms with Crippen LogP contribution in [0.15, 0.2) is 22.7 Å². The molecule has 6 heteroatoms. The van der Waals surface area contributed by atoms with Crippen LogP contribution in [-0.4, -0.2) is 52.7 Å². The number of hydrogen-bond donors (Lipinski definition) is 0. The van der Waals surface area contributed by atoms with Gasteiger partial charge in [0.15, 0.2) is 5.82 Å². The van der Waals surface area contributed by atoms with Crippen molar-refractivity contribution in [2.75, 3.05) is 32.8 Å². The molecule has 0 saturated carbocycles. The number of aromatic nitrogens is 2. The third-order valence-electron chi connectivity index (χ3n) is 5.43. The average Bonchev–Trinajstić information content (AvgIpc) is 3.31. The van der Waals surface area contributed by atoms with Gasteiger partial charge >= 0.3 is 0 Å². The third kappa shape index (κ3) is 3.76. The zero-order valence-corrected chi connectivity index (χ0v) is 15.8. The van der Waals surface area contributed by atoms with Gasteiger partial charge in [-0.2, -0.15) is 4.98 Å². The second kappa shape index (κ2) is 7.76. The lowest BCUT2D eigenvalue weighted by Crippen LogP contribution is -2.46. The van der Waals surface area contributed by atoms with Gasteiger partial charge in [0, 0.05) is 45.6 Å². The first-order chi connectivity index (χ1) is 12.7. The van der Waals surface area contributed by atoms with Gasteiger partial charge in [-0.25, -0.2) is 0 Å². The molecule has 2 aliphatic heterocycles. The summed E-state index contributed by atoms with van der Waals surface area (Å²) in [5, 5.41) is 4.09. The summed E-state index contributed by atoms with van der Waals surface area (Å²) in [7, 11) is 0. The molecular formula is C20H28N4O2. The fourth-order valence-electron chi connectivity index (χ4n) is 3.82. The summed E-state index contributed by atoms with van der Waals surface area (Å²) >= 11 is 0. The molecule has 1 unspecified atom stereocenters. The Bertz CT molecular complexity index is 737. The van der Waals surface area contributed by atoms with E-state index in [1.807, 2.05) is 0 Å². The van der Waals surface area contributed by atoms with E-state index >= 15 is 0 Å². The first kappa shape index (κ1) is 17.5. The summed E-state index contributed by atoms with van der Waals surface area (Å²) < 4.78 is 11.1. The van der Waals surface area contributed by atoms with Crippen LogP contribution in [0.3, 0.4) is 0 Å².